The van der Waals surface area contributed by atoms with Crippen LogP contribution >= 0.6 is 11.3 Å². The lowest BCUT2D eigenvalue weighted by Crippen LogP contribution is -2.41. The standard InChI is InChI=1S/C12H17NO3S/c1-8(10(14)9-5-6-17-7-9)13-11(15)16-12(2,3)4/h5-8H,1-4H3,(H,13,15). The van der Waals surface area contributed by atoms with E-state index in [1.54, 1.807) is 39.1 Å². The number of hydrogen-bond acceptors (Lipinski definition) is 4. The predicted molar refractivity (Wildman–Crippen MR) is 67.5 cm³/mol. The molecule has 0 aliphatic rings. The maximum atomic E-state index is 11.8. The smallest absolute Gasteiger partial charge is 0.408 e. The van der Waals surface area contributed by atoms with Crippen LogP contribution in [-0.4, -0.2) is 23.5 Å². The molecular weight excluding hydrogens is 238 g/mol. The molecule has 0 aliphatic carbocycles. The van der Waals surface area contributed by atoms with Gasteiger partial charge in [0.25, 0.3) is 0 Å². The number of rotatable bonds is 3. The number of hydrogen-bond donors (Lipinski definition) is 1. The molecule has 1 unspecified atom stereocenters. The highest BCUT2D eigenvalue weighted by molar-refractivity contribution is 7.08. The molecule has 0 aliphatic heterocycles. The van der Waals surface area contributed by atoms with Crippen LogP contribution in [0, 0.1) is 0 Å². The van der Waals surface area contributed by atoms with Gasteiger partial charge in [-0.2, -0.15) is 11.3 Å². The molecule has 1 aromatic heterocycles. The van der Waals surface area contributed by atoms with E-state index >= 15 is 0 Å². The van der Waals surface area contributed by atoms with E-state index in [9.17, 15) is 9.59 Å². The van der Waals surface area contributed by atoms with Crippen molar-refractivity contribution >= 4 is 23.2 Å². The molecule has 94 valence electrons. The number of ketones is 1. The zero-order valence-corrected chi connectivity index (χ0v) is 11.3. The Labute approximate surface area is 105 Å². The average Bonchev–Trinajstić information content (AvgIpc) is 2.65. The molecule has 5 heteroatoms. The lowest BCUT2D eigenvalue weighted by atomic mass is 10.1. The van der Waals surface area contributed by atoms with Gasteiger partial charge >= 0.3 is 6.09 Å². The molecule has 1 heterocycles. The van der Waals surface area contributed by atoms with Crippen LogP contribution < -0.4 is 5.32 Å². The van der Waals surface area contributed by atoms with E-state index in [-0.39, 0.29) is 5.78 Å². The van der Waals surface area contributed by atoms with Gasteiger partial charge in [0.2, 0.25) is 0 Å². The van der Waals surface area contributed by atoms with Crippen molar-refractivity contribution in [2.45, 2.75) is 39.3 Å². The Morgan fingerprint density at radius 1 is 1.41 bits per heavy atom. The van der Waals surface area contributed by atoms with Crippen LogP contribution in [0.1, 0.15) is 38.1 Å². The number of carbonyl (C=O) groups is 2. The van der Waals surface area contributed by atoms with E-state index in [1.807, 2.05) is 5.38 Å². The zero-order chi connectivity index (χ0) is 13.1. The minimum Gasteiger partial charge on any atom is -0.444 e. The van der Waals surface area contributed by atoms with Gasteiger partial charge in [-0.3, -0.25) is 4.79 Å². The van der Waals surface area contributed by atoms with Crippen LogP contribution in [0.25, 0.3) is 0 Å². The van der Waals surface area contributed by atoms with Crippen LogP contribution in [0.3, 0.4) is 0 Å². The number of amides is 1. The molecule has 0 fully saturated rings. The van der Waals surface area contributed by atoms with Crippen molar-refractivity contribution in [1.29, 1.82) is 0 Å². The predicted octanol–water partition coefficient (Wildman–Crippen LogP) is 2.84. The number of ether oxygens (including phenoxy) is 1. The lowest BCUT2D eigenvalue weighted by molar-refractivity contribution is 0.0497. The van der Waals surface area contributed by atoms with E-state index < -0.39 is 17.7 Å². The summed E-state index contributed by atoms with van der Waals surface area (Å²) in [5.41, 5.74) is 0.0495. The zero-order valence-electron chi connectivity index (χ0n) is 10.4. The van der Waals surface area contributed by atoms with Gasteiger partial charge in [-0.25, -0.2) is 4.79 Å². The van der Waals surface area contributed by atoms with E-state index in [1.165, 1.54) is 11.3 Å². The monoisotopic (exact) mass is 255 g/mol. The molecule has 1 aromatic rings. The molecule has 1 rings (SSSR count). The highest BCUT2D eigenvalue weighted by atomic mass is 32.1. The molecule has 1 N–H and O–H groups in total. The van der Waals surface area contributed by atoms with Gasteiger partial charge in [0.05, 0.1) is 6.04 Å². The number of thiophene rings is 1. The van der Waals surface area contributed by atoms with Crippen molar-refractivity contribution in [1.82, 2.24) is 5.32 Å². The summed E-state index contributed by atoms with van der Waals surface area (Å²) < 4.78 is 5.08. The summed E-state index contributed by atoms with van der Waals surface area (Å²) in [5.74, 6) is -0.114. The molecule has 0 aromatic carbocycles. The molecule has 1 amide bonds. The fourth-order valence-corrected chi connectivity index (χ4v) is 1.85. The van der Waals surface area contributed by atoms with E-state index in [0.29, 0.717) is 5.56 Å². The third kappa shape index (κ3) is 4.56. The summed E-state index contributed by atoms with van der Waals surface area (Å²) in [6, 6.07) is 1.15. The number of Topliss-reactive ketones (excluding diaryl/α,β-unsaturated/α-hetero) is 1. The Kier molecular flexibility index (Phi) is 4.28. The van der Waals surface area contributed by atoms with Gasteiger partial charge in [-0.1, -0.05) is 0 Å². The van der Waals surface area contributed by atoms with Crippen LogP contribution in [-0.2, 0) is 4.74 Å². The van der Waals surface area contributed by atoms with E-state index in [4.69, 9.17) is 4.74 Å². The van der Waals surface area contributed by atoms with Crippen molar-refractivity contribution in [2.75, 3.05) is 0 Å². The highest BCUT2D eigenvalue weighted by Crippen LogP contribution is 2.10. The normalized spacial score (nSPS) is 12.9. The molecular formula is C12H17NO3S. The number of alkyl carbamates (subject to hydrolysis) is 1. The quantitative estimate of drug-likeness (QED) is 0.845. The molecule has 0 saturated heterocycles. The minimum absolute atomic E-state index is 0.114. The summed E-state index contributed by atoms with van der Waals surface area (Å²) in [6.45, 7) is 6.97. The molecule has 0 spiro atoms. The van der Waals surface area contributed by atoms with Crippen LogP contribution in [0.15, 0.2) is 16.8 Å². The summed E-state index contributed by atoms with van der Waals surface area (Å²) >= 11 is 1.45. The first-order valence-electron chi connectivity index (χ1n) is 5.35. The molecule has 0 bridgehead atoms. The molecule has 0 radical (unpaired) electrons. The number of carbonyl (C=O) groups excluding carboxylic acids is 2. The van der Waals surface area contributed by atoms with Crippen LogP contribution in [0.5, 0.6) is 0 Å². The third-order valence-corrected chi connectivity index (χ3v) is 2.62. The van der Waals surface area contributed by atoms with Gasteiger partial charge < -0.3 is 10.1 Å². The summed E-state index contributed by atoms with van der Waals surface area (Å²) in [4.78, 5) is 23.3. The minimum atomic E-state index is -0.584. The Morgan fingerprint density at radius 3 is 2.53 bits per heavy atom. The van der Waals surface area contributed by atoms with Crippen molar-refractivity contribution < 1.29 is 14.3 Å². The average molecular weight is 255 g/mol. The summed E-state index contributed by atoms with van der Waals surface area (Å²) in [7, 11) is 0. The van der Waals surface area contributed by atoms with E-state index in [0.717, 1.165) is 0 Å². The van der Waals surface area contributed by atoms with Crippen molar-refractivity contribution in [3.05, 3.63) is 22.4 Å². The maximum absolute atomic E-state index is 11.8. The molecule has 0 saturated carbocycles. The van der Waals surface area contributed by atoms with Crippen LogP contribution in [0.2, 0.25) is 0 Å². The third-order valence-electron chi connectivity index (χ3n) is 1.93. The second kappa shape index (κ2) is 5.31. The fraction of sp³-hybridized carbons (Fsp3) is 0.500. The molecule has 4 nitrogen and oxygen atoms in total. The topological polar surface area (TPSA) is 55.4 Å². The molecule has 1 atom stereocenters. The van der Waals surface area contributed by atoms with Crippen molar-refractivity contribution in [3.63, 3.8) is 0 Å². The SMILES string of the molecule is CC(NC(=O)OC(C)(C)C)C(=O)c1ccsc1. The summed E-state index contributed by atoms with van der Waals surface area (Å²) in [6.07, 6.45) is -0.575. The first-order valence-corrected chi connectivity index (χ1v) is 6.30. The van der Waals surface area contributed by atoms with Crippen molar-refractivity contribution in [2.24, 2.45) is 0 Å². The Balaban J connectivity index is 2.52. The Hall–Kier alpha value is -1.36. The van der Waals surface area contributed by atoms with Gasteiger partial charge in [-0.05, 0) is 39.1 Å². The second-order valence-electron chi connectivity index (χ2n) is 4.74. The Bertz CT molecular complexity index is 392. The van der Waals surface area contributed by atoms with Gasteiger partial charge in [-0.15, -0.1) is 0 Å². The molecule has 17 heavy (non-hydrogen) atoms. The van der Waals surface area contributed by atoms with E-state index in [2.05, 4.69) is 5.32 Å². The van der Waals surface area contributed by atoms with Crippen molar-refractivity contribution in [3.8, 4) is 0 Å². The van der Waals surface area contributed by atoms with Gasteiger partial charge in [0.1, 0.15) is 5.60 Å². The maximum Gasteiger partial charge on any atom is 0.408 e. The second-order valence-corrected chi connectivity index (χ2v) is 5.52. The summed E-state index contributed by atoms with van der Waals surface area (Å²) in [5, 5.41) is 6.10. The largest absolute Gasteiger partial charge is 0.444 e. The lowest BCUT2D eigenvalue weighted by Gasteiger charge is -2.21. The number of nitrogens with one attached hydrogen (secondary N) is 1. The fourth-order valence-electron chi connectivity index (χ4n) is 1.20. The Morgan fingerprint density at radius 2 is 2.06 bits per heavy atom. The van der Waals surface area contributed by atoms with Gasteiger partial charge in [0.15, 0.2) is 5.78 Å². The van der Waals surface area contributed by atoms with Gasteiger partial charge in [0, 0.05) is 10.9 Å². The first kappa shape index (κ1) is 13.7. The first-order chi connectivity index (χ1) is 7.79. The van der Waals surface area contributed by atoms with Crippen LogP contribution in [0.4, 0.5) is 4.79 Å². The highest BCUT2D eigenvalue weighted by Gasteiger charge is 2.21.